The molecule has 0 bridgehead atoms. The summed E-state index contributed by atoms with van der Waals surface area (Å²) in [7, 11) is 0. The molecule has 0 heterocycles. The molecule has 1 unspecified atom stereocenters. The second-order valence-corrected chi connectivity index (χ2v) is 18.2. The molecule has 0 fully saturated rings. The standard InChI is InChI=1S/C53H104O5/c1-4-7-10-13-16-19-22-24-25-26-27-28-30-33-36-39-42-45-48-56-49-51(58-53(55)47-44-41-38-35-31-21-18-15-12-9-6-3)50-57-52(54)46-43-40-37-34-32-29-23-20-17-14-11-8-5-2/h51H,4-50H2,1-3H3. The number of hydrogen-bond acceptors (Lipinski definition) is 5. The lowest BCUT2D eigenvalue weighted by atomic mass is 10.0. The second-order valence-electron chi connectivity index (χ2n) is 18.2. The van der Waals surface area contributed by atoms with E-state index in [1.165, 1.54) is 238 Å². The molecule has 0 aliphatic heterocycles. The van der Waals surface area contributed by atoms with E-state index in [1.807, 2.05) is 0 Å². The number of unbranched alkanes of at least 4 members (excludes halogenated alkanes) is 39. The molecular formula is C53H104O5. The van der Waals surface area contributed by atoms with Crippen molar-refractivity contribution in [3.8, 4) is 0 Å². The molecule has 0 aromatic rings. The first kappa shape index (κ1) is 56.9. The highest BCUT2D eigenvalue weighted by molar-refractivity contribution is 5.70. The third kappa shape index (κ3) is 47.6. The van der Waals surface area contributed by atoms with Crippen LogP contribution in [0.15, 0.2) is 0 Å². The lowest BCUT2D eigenvalue weighted by Gasteiger charge is -2.18. The summed E-state index contributed by atoms with van der Waals surface area (Å²) in [5, 5.41) is 0. The number of rotatable bonds is 50. The quantitative estimate of drug-likeness (QED) is 0.0452. The smallest absolute Gasteiger partial charge is 0.306 e. The van der Waals surface area contributed by atoms with Crippen LogP contribution in [0.5, 0.6) is 0 Å². The molecule has 5 heteroatoms. The van der Waals surface area contributed by atoms with Gasteiger partial charge in [0.2, 0.25) is 0 Å². The average Bonchev–Trinajstić information content (AvgIpc) is 3.22. The second kappa shape index (κ2) is 50.3. The lowest BCUT2D eigenvalue weighted by molar-refractivity contribution is -0.163. The molecule has 0 aliphatic rings. The van der Waals surface area contributed by atoms with Gasteiger partial charge in [-0.25, -0.2) is 0 Å². The summed E-state index contributed by atoms with van der Waals surface area (Å²) in [5.74, 6) is -0.372. The highest BCUT2D eigenvalue weighted by Gasteiger charge is 2.17. The Morgan fingerprint density at radius 1 is 0.310 bits per heavy atom. The van der Waals surface area contributed by atoms with Gasteiger partial charge in [0.15, 0.2) is 6.10 Å². The van der Waals surface area contributed by atoms with Gasteiger partial charge in [-0.1, -0.05) is 271 Å². The Morgan fingerprint density at radius 3 is 0.879 bits per heavy atom. The van der Waals surface area contributed by atoms with E-state index in [1.54, 1.807) is 0 Å². The monoisotopic (exact) mass is 821 g/mol. The maximum Gasteiger partial charge on any atom is 0.306 e. The zero-order valence-electron chi connectivity index (χ0n) is 39.9. The topological polar surface area (TPSA) is 61.8 Å². The summed E-state index contributed by atoms with van der Waals surface area (Å²) in [6.45, 7) is 7.90. The van der Waals surface area contributed by atoms with E-state index < -0.39 is 6.10 Å². The summed E-state index contributed by atoms with van der Waals surface area (Å²) >= 11 is 0. The first-order valence-electron chi connectivity index (χ1n) is 26.6. The van der Waals surface area contributed by atoms with E-state index in [9.17, 15) is 9.59 Å². The van der Waals surface area contributed by atoms with Gasteiger partial charge in [-0.2, -0.15) is 0 Å². The highest BCUT2D eigenvalue weighted by atomic mass is 16.6. The summed E-state index contributed by atoms with van der Waals surface area (Å²) in [4.78, 5) is 25.3. The van der Waals surface area contributed by atoms with Crippen LogP contribution in [0, 0.1) is 0 Å². The molecule has 0 aromatic heterocycles. The normalized spacial score (nSPS) is 12.0. The van der Waals surface area contributed by atoms with Crippen molar-refractivity contribution in [3.05, 3.63) is 0 Å². The molecule has 58 heavy (non-hydrogen) atoms. The van der Waals surface area contributed by atoms with Crippen LogP contribution < -0.4 is 0 Å². The largest absolute Gasteiger partial charge is 0.462 e. The van der Waals surface area contributed by atoms with Crippen LogP contribution in [0.3, 0.4) is 0 Å². The van der Waals surface area contributed by atoms with Crippen LogP contribution in [0.4, 0.5) is 0 Å². The Morgan fingerprint density at radius 2 is 0.569 bits per heavy atom. The fourth-order valence-corrected chi connectivity index (χ4v) is 8.16. The van der Waals surface area contributed by atoms with Crippen molar-refractivity contribution >= 4 is 11.9 Å². The fraction of sp³-hybridized carbons (Fsp3) is 0.962. The SMILES string of the molecule is CCCCCCCCCCCCCCCCCCCCOCC(COC(=O)CCCCCCCCCCCCCCC)OC(=O)CCCCCCCCCCCCC. The molecule has 5 nitrogen and oxygen atoms in total. The predicted molar refractivity (Wildman–Crippen MR) is 252 cm³/mol. The first-order valence-corrected chi connectivity index (χ1v) is 26.6. The van der Waals surface area contributed by atoms with Gasteiger partial charge in [0.1, 0.15) is 6.61 Å². The van der Waals surface area contributed by atoms with Gasteiger partial charge in [0.25, 0.3) is 0 Å². The minimum absolute atomic E-state index is 0.0976. The Hall–Kier alpha value is -1.10. The Bertz CT molecular complexity index is 799. The number of ether oxygens (including phenoxy) is 3. The Balaban J connectivity index is 4.14. The van der Waals surface area contributed by atoms with E-state index in [0.717, 1.165) is 32.1 Å². The number of esters is 2. The van der Waals surface area contributed by atoms with Crippen molar-refractivity contribution in [2.45, 2.75) is 309 Å². The molecule has 0 spiro atoms. The molecule has 346 valence electrons. The van der Waals surface area contributed by atoms with Gasteiger partial charge in [0, 0.05) is 19.4 Å². The number of carbonyl (C=O) groups excluding carboxylic acids is 2. The van der Waals surface area contributed by atoms with E-state index in [0.29, 0.717) is 26.1 Å². The van der Waals surface area contributed by atoms with Gasteiger partial charge in [-0.05, 0) is 19.3 Å². The van der Waals surface area contributed by atoms with Crippen molar-refractivity contribution in [1.29, 1.82) is 0 Å². The molecule has 0 aromatic carbocycles. The summed E-state index contributed by atoms with van der Waals surface area (Å²) in [6.07, 6.45) is 55.4. The van der Waals surface area contributed by atoms with Crippen LogP contribution in [0.1, 0.15) is 303 Å². The Kier molecular flexibility index (Phi) is 49.3. The summed E-state index contributed by atoms with van der Waals surface area (Å²) in [6, 6.07) is 0. The molecule has 0 aliphatic carbocycles. The van der Waals surface area contributed by atoms with Crippen LogP contribution in [-0.4, -0.2) is 37.9 Å². The van der Waals surface area contributed by atoms with Crippen LogP contribution in [-0.2, 0) is 23.8 Å². The summed E-state index contributed by atoms with van der Waals surface area (Å²) in [5.41, 5.74) is 0. The molecule has 0 saturated heterocycles. The van der Waals surface area contributed by atoms with E-state index in [2.05, 4.69) is 20.8 Å². The molecular weight excluding hydrogens is 717 g/mol. The third-order valence-electron chi connectivity index (χ3n) is 12.1. The zero-order chi connectivity index (χ0) is 42.1. The van der Waals surface area contributed by atoms with Gasteiger partial charge >= 0.3 is 11.9 Å². The molecule has 1 atom stereocenters. The van der Waals surface area contributed by atoms with Gasteiger partial charge in [0.05, 0.1) is 6.61 Å². The molecule has 0 amide bonds. The lowest BCUT2D eigenvalue weighted by Crippen LogP contribution is -2.30. The zero-order valence-corrected chi connectivity index (χ0v) is 39.9. The van der Waals surface area contributed by atoms with Crippen molar-refractivity contribution in [1.82, 2.24) is 0 Å². The minimum atomic E-state index is -0.522. The molecule has 0 rings (SSSR count). The van der Waals surface area contributed by atoms with Crippen molar-refractivity contribution in [2.24, 2.45) is 0 Å². The van der Waals surface area contributed by atoms with Crippen molar-refractivity contribution in [2.75, 3.05) is 19.8 Å². The van der Waals surface area contributed by atoms with Gasteiger partial charge in [-0.15, -0.1) is 0 Å². The third-order valence-corrected chi connectivity index (χ3v) is 12.1. The van der Waals surface area contributed by atoms with E-state index in [4.69, 9.17) is 14.2 Å². The summed E-state index contributed by atoms with van der Waals surface area (Å²) < 4.78 is 17.4. The fourth-order valence-electron chi connectivity index (χ4n) is 8.16. The van der Waals surface area contributed by atoms with Crippen LogP contribution in [0.25, 0.3) is 0 Å². The Labute approximate surface area is 363 Å². The van der Waals surface area contributed by atoms with Crippen LogP contribution in [0.2, 0.25) is 0 Å². The van der Waals surface area contributed by atoms with Crippen LogP contribution >= 0.6 is 0 Å². The molecule has 0 N–H and O–H groups in total. The average molecular weight is 821 g/mol. The predicted octanol–water partition coefficient (Wildman–Crippen LogP) is 17.7. The molecule has 0 radical (unpaired) electrons. The van der Waals surface area contributed by atoms with Crippen molar-refractivity contribution < 1.29 is 23.8 Å². The highest BCUT2D eigenvalue weighted by Crippen LogP contribution is 2.17. The van der Waals surface area contributed by atoms with Gasteiger partial charge in [-0.3, -0.25) is 9.59 Å². The van der Waals surface area contributed by atoms with E-state index in [-0.39, 0.29) is 18.5 Å². The molecule has 0 saturated carbocycles. The minimum Gasteiger partial charge on any atom is -0.462 e. The van der Waals surface area contributed by atoms with Crippen molar-refractivity contribution in [3.63, 3.8) is 0 Å². The van der Waals surface area contributed by atoms with E-state index >= 15 is 0 Å². The number of hydrogen-bond donors (Lipinski definition) is 0. The maximum atomic E-state index is 12.8. The van der Waals surface area contributed by atoms with Gasteiger partial charge < -0.3 is 14.2 Å². The maximum absolute atomic E-state index is 12.8. The first-order chi connectivity index (χ1) is 28.6. The number of carbonyl (C=O) groups is 2.